The van der Waals surface area contributed by atoms with Gasteiger partial charge in [0.25, 0.3) is 5.91 Å². The summed E-state index contributed by atoms with van der Waals surface area (Å²) in [6, 6.07) is 18.9. The molecule has 5 nitrogen and oxygen atoms in total. The number of halogens is 3. The van der Waals surface area contributed by atoms with E-state index in [1.807, 2.05) is 17.0 Å². The molecule has 1 aliphatic rings. The summed E-state index contributed by atoms with van der Waals surface area (Å²) in [5, 5.41) is 14.6. The number of piperazine rings is 1. The van der Waals surface area contributed by atoms with Crippen molar-refractivity contribution in [2.45, 2.75) is 19.2 Å². The normalized spacial score (nSPS) is 15.2. The number of nitrogens with one attached hydrogen (secondary N) is 1. The highest BCUT2D eigenvalue weighted by Gasteiger charge is 2.24. The third kappa shape index (κ3) is 6.07. The van der Waals surface area contributed by atoms with Crippen molar-refractivity contribution in [1.29, 1.82) is 0 Å². The molecule has 1 aliphatic heterocycles. The second-order valence-electron chi connectivity index (χ2n) is 8.27. The monoisotopic (exact) mass is 501 g/mol. The summed E-state index contributed by atoms with van der Waals surface area (Å²) >= 11 is 12.5. The Bertz CT molecular complexity index is 1110. The van der Waals surface area contributed by atoms with Crippen LogP contribution in [0.25, 0.3) is 0 Å². The average molecular weight is 502 g/mol. The maximum atomic E-state index is 13.3. The summed E-state index contributed by atoms with van der Waals surface area (Å²) in [6.07, 6.45) is -0.290. The van der Waals surface area contributed by atoms with Gasteiger partial charge in [0, 0.05) is 60.4 Å². The molecule has 1 amide bonds. The van der Waals surface area contributed by atoms with Crippen molar-refractivity contribution >= 4 is 34.8 Å². The summed E-state index contributed by atoms with van der Waals surface area (Å²) < 4.78 is 13.3. The van der Waals surface area contributed by atoms with Gasteiger partial charge in [-0.3, -0.25) is 9.69 Å². The molecule has 8 heteroatoms. The lowest BCUT2D eigenvalue weighted by atomic mass is 10.1. The van der Waals surface area contributed by atoms with Crippen molar-refractivity contribution in [3.63, 3.8) is 0 Å². The second kappa shape index (κ2) is 11.2. The van der Waals surface area contributed by atoms with Gasteiger partial charge in [0.05, 0.1) is 0 Å². The van der Waals surface area contributed by atoms with Crippen LogP contribution in [0.1, 0.15) is 21.5 Å². The minimum Gasteiger partial charge on any atom is -0.378 e. The molecule has 178 valence electrons. The van der Waals surface area contributed by atoms with Gasteiger partial charge in [0.15, 0.2) is 0 Å². The van der Waals surface area contributed by atoms with Gasteiger partial charge in [0.2, 0.25) is 0 Å². The molecule has 1 fully saturated rings. The van der Waals surface area contributed by atoms with Gasteiger partial charge >= 0.3 is 0 Å². The topological polar surface area (TPSA) is 55.8 Å². The number of anilines is 1. The molecule has 1 heterocycles. The minimum atomic E-state index is -0.663. The molecule has 0 bridgehead atoms. The highest BCUT2D eigenvalue weighted by atomic mass is 35.5. The number of rotatable bonds is 7. The molecule has 1 atom stereocenters. The molecule has 0 saturated carbocycles. The van der Waals surface area contributed by atoms with E-state index in [0.29, 0.717) is 40.7 Å². The quantitative estimate of drug-likeness (QED) is 0.490. The molecule has 3 aromatic rings. The molecule has 0 radical (unpaired) electrons. The average Bonchev–Trinajstić information content (AvgIpc) is 2.85. The highest BCUT2D eigenvalue weighted by Crippen LogP contribution is 2.27. The van der Waals surface area contributed by atoms with Gasteiger partial charge in [0.1, 0.15) is 12.0 Å². The van der Waals surface area contributed by atoms with Crippen LogP contribution in [0.15, 0.2) is 66.7 Å². The summed E-state index contributed by atoms with van der Waals surface area (Å²) in [5.74, 6) is -0.529. The highest BCUT2D eigenvalue weighted by molar-refractivity contribution is 6.36. The Morgan fingerprint density at radius 3 is 2.26 bits per heavy atom. The van der Waals surface area contributed by atoms with Crippen LogP contribution < -0.4 is 10.2 Å². The van der Waals surface area contributed by atoms with Crippen molar-refractivity contribution in [3.8, 4) is 0 Å². The third-order valence-electron chi connectivity index (χ3n) is 6.02. The molecule has 34 heavy (non-hydrogen) atoms. The molecule has 4 rings (SSSR count). The number of hydrogen-bond donors (Lipinski definition) is 2. The van der Waals surface area contributed by atoms with Crippen molar-refractivity contribution in [2.24, 2.45) is 0 Å². The van der Waals surface area contributed by atoms with E-state index in [1.54, 1.807) is 42.5 Å². The zero-order chi connectivity index (χ0) is 24.1. The maximum absolute atomic E-state index is 13.3. The lowest BCUT2D eigenvalue weighted by Crippen LogP contribution is -2.51. The van der Waals surface area contributed by atoms with Crippen LogP contribution in [-0.2, 0) is 13.0 Å². The summed E-state index contributed by atoms with van der Waals surface area (Å²) in [7, 11) is 0. The van der Waals surface area contributed by atoms with Crippen molar-refractivity contribution < 1.29 is 14.3 Å². The van der Waals surface area contributed by atoms with Crippen LogP contribution >= 0.6 is 23.2 Å². The Morgan fingerprint density at radius 2 is 1.62 bits per heavy atom. The lowest BCUT2D eigenvalue weighted by molar-refractivity contribution is 0.00113. The molecule has 2 N–H and O–H groups in total. The maximum Gasteiger partial charge on any atom is 0.251 e. The second-order valence-corrected chi connectivity index (χ2v) is 9.08. The zero-order valence-electron chi connectivity index (χ0n) is 18.6. The Balaban J connectivity index is 1.28. The predicted molar refractivity (Wildman–Crippen MR) is 134 cm³/mol. The summed E-state index contributed by atoms with van der Waals surface area (Å²) in [4.78, 5) is 16.7. The zero-order valence-corrected chi connectivity index (χ0v) is 20.1. The molecule has 1 unspecified atom stereocenters. The minimum absolute atomic E-state index is 0.206. The van der Waals surface area contributed by atoms with Crippen molar-refractivity contribution in [3.05, 3.63) is 99.3 Å². The van der Waals surface area contributed by atoms with E-state index >= 15 is 0 Å². The standard InChI is InChI=1S/C26H26Cl2FN3O2/c27-23-5-2-6-24(28)22(23)16-25(33)32-13-11-31(12-14-32)21-9-7-19(8-10-21)26(34)30-17-18-3-1-4-20(29)15-18/h1-10,15,25,33H,11-14,16-17H2,(H,30,34). The number of carbonyl (C=O) groups is 1. The largest absolute Gasteiger partial charge is 0.378 e. The first kappa shape index (κ1) is 24.5. The van der Waals surface area contributed by atoms with Gasteiger partial charge in [-0.25, -0.2) is 4.39 Å². The van der Waals surface area contributed by atoms with E-state index in [4.69, 9.17) is 23.2 Å². The predicted octanol–water partition coefficient (Wildman–Crippen LogP) is 4.75. The molecule has 3 aromatic carbocycles. The number of nitrogens with zero attached hydrogens (tertiary/aromatic N) is 2. The van der Waals surface area contributed by atoms with Crippen LogP contribution in [0.3, 0.4) is 0 Å². The number of aliphatic hydroxyl groups excluding tert-OH is 1. The molecule has 1 saturated heterocycles. The number of carbonyl (C=O) groups excluding carboxylic acids is 1. The third-order valence-corrected chi connectivity index (χ3v) is 6.73. The summed E-state index contributed by atoms with van der Waals surface area (Å²) in [6.45, 7) is 3.15. The Morgan fingerprint density at radius 1 is 0.971 bits per heavy atom. The first-order chi connectivity index (χ1) is 16.4. The lowest BCUT2D eigenvalue weighted by Gasteiger charge is -2.38. The van der Waals surface area contributed by atoms with Gasteiger partial charge in [-0.1, -0.05) is 41.4 Å². The molecular formula is C26H26Cl2FN3O2. The fourth-order valence-electron chi connectivity index (χ4n) is 4.07. The fraction of sp³-hybridized carbons (Fsp3) is 0.269. The van der Waals surface area contributed by atoms with E-state index in [1.165, 1.54) is 12.1 Å². The van der Waals surface area contributed by atoms with Crippen molar-refractivity contribution in [2.75, 3.05) is 31.1 Å². The van der Waals surface area contributed by atoms with Gasteiger partial charge in [-0.15, -0.1) is 0 Å². The Kier molecular flexibility index (Phi) is 8.06. The summed E-state index contributed by atoms with van der Waals surface area (Å²) in [5.41, 5.74) is 3.03. The van der Waals surface area contributed by atoms with Crippen LogP contribution in [0.2, 0.25) is 10.0 Å². The molecule has 0 spiro atoms. The first-order valence-corrected chi connectivity index (χ1v) is 11.9. The smallest absolute Gasteiger partial charge is 0.251 e. The van der Waals surface area contributed by atoms with E-state index < -0.39 is 6.23 Å². The van der Waals surface area contributed by atoms with Crippen LogP contribution in [0.4, 0.5) is 10.1 Å². The Labute approximate surface area is 208 Å². The molecular weight excluding hydrogens is 476 g/mol. The van der Waals surface area contributed by atoms with Gasteiger partial charge in [-0.05, 0) is 59.7 Å². The number of amides is 1. The number of aliphatic hydroxyl groups is 1. The van der Waals surface area contributed by atoms with Crippen LogP contribution in [-0.4, -0.2) is 48.3 Å². The van der Waals surface area contributed by atoms with E-state index in [-0.39, 0.29) is 18.3 Å². The number of hydrogen-bond acceptors (Lipinski definition) is 4. The number of benzene rings is 3. The van der Waals surface area contributed by atoms with Crippen LogP contribution in [0, 0.1) is 5.82 Å². The molecule has 0 aromatic heterocycles. The van der Waals surface area contributed by atoms with E-state index in [2.05, 4.69) is 10.2 Å². The van der Waals surface area contributed by atoms with Crippen LogP contribution in [0.5, 0.6) is 0 Å². The first-order valence-electron chi connectivity index (χ1n) is 11.1. The van der Waals surface area contributed by atoms with E-state index in [9.17, 15) is 14.3 Å². The molecule has 0 aliphatic carbocycles. The van der Waals surface area contributed by atoms with E-state index in [0.717, 1.165) is 24.3 Å². The van der Waals surface area contributed by atoms with Gasteiger partial charge in [-0.2, -0.15) is 0 Å². The fourth-order valence-corrected chi connectivity index (χ4v) is 4.62. The van der Waals surface area contributed by atoms with Gasteiger partial charge < -0.3 is 15.3 Å². The van der Waals surface area contributed by atoms with Crippen molar-refractivity contribution in [1.82, 2.24) is 10.2 Å². The SMILES string of the molecule is O=C(NCc1cccc(F)c1)c1ccc(N2CCN(C(O)Cc3c(Cl)cccc3Cl)CC2)cc1. The Hall–Kier alpha value is -2.64.